The molecular formula is C100H126N2O4S9. The van der Waals surface area contributed by atoms with Crippen LogP contribution in [0.2, 0.25) is 0 Å². The van der Waals surface area contributed by atoms with Crippen molar-refractivity contribution in [2.45, 2.75) is 298 Å². The van der Waals surface area contributed by atoms with Crippen LogP contribution in [-0.2, 0) is 16.2 Å². The van der Waals surface area contributed by atoms with E-state index in [1.165, 1.54) is 253 Å². The zero-order valence-corrected chi connectivity index (χ0v) is 78.3. The third-order valence-electron chi connectivity index (χ3n) is 23.0. The Kier molecular flexibility index (Phi) is 31.8. The Morgan fingerprint density at radius 2 is 0.600 bits per heavy atom. The molecule has 614 valence electrons. The first-order chi connectivity index (χ1) is 56.0. The number of hydrogen-bond acceptors (Lipinski definition) is 15. The van der Waals surface area contributed by atoms with Crippen molar-refractivity contribution in [1.82, 2.24) is 8.75 Å². The lowest BCUT2D eigenvalue weighted by atomic mass is 9.69. The average molecular weight is 1710 g/mol. The highest BCUT2D eigenvalue weighted by Gasteiger charge is 2.43. The number of unbranched alkanes of at least 4 members (excludes halogenated alkanes) is 23. The zero-order valence-electron chi connectivity index (χ0n) is 71.0. The summed E-state index contributed by atoms with van der Waals surface area (Å²) in [4.78, 5) is 19.7. The van der Waals surface area contributed by atoms with Gasteiger partial charge in [-0.3, -0.25) is 0 Å². The molecule has 0 spiro atoms. The van der Waals surface area contributed by atoms with Crippen LogP contribution >= 0.6 is 102 Å². The van der Waals surface area contributed by atoms with E-state index in [9.17, 15) is 0 Å². The van der Waals surface area contributed by atoms with Crippen molar-refractivity contribution < 1.29 is 18.9 Å². The highest BCUT2D eigenvalue weighted by molar-refractivity contribution is 7.30. The van der Waals surface area contributed by atoms with E-state index in [1.54, 1.807) is 11.1 Å². The van der Waals surface area contributed by atoms with Gasteiger partial charge in [0.2, 0.25) is 0 Å². The summed E-state index contributed by atoms with van der Waals surface area (Å²) < 4.78 is 37.5. The van der Waals surface area contributed by atoms with Gasteiger partial charge in [-0.2, -0.15) is 8.75 Å². The van der Waals surface area contributed by atoms with Crippen molar-refractivity contribution in [3.63, 3.8) is 0 Å². The van der Waals surface area contributed by atoms with Crippen molar-refractivity contribution >= 4 is 113 Å². The van der Waals surface area contributed by atoms with E-state index in [2.05, 4.69) is 204 Å². The first-order valence-electron chi connectivity index (χ1n) is 44.1. The summed E-state index contributed by atoms with van der Waals surface area (Å²) in [5.74, 6) is 3.93. The van der Waals surface area contributed by atoms with Gasteiger partial charge in [0.25, 0.3) is 0 Å². The van der Waals surface area contributed by atoms with E-state index < -0.39 is 0 Å². The summed E-state index contributed by atoms with van der Waals surface area (Å²) in [6.45, 7) is 30.7. The molecule has 0 fully saturated rings. The van der Waals surface area contributed by atoms with Crippen LogP contribution in [0.1, 0.15) is 304 Å². The third-order valence-corrected chi connectivity index (χ3v) is 34.0. The fraction of sp³-hybridized carbons (Fsp3) is 0.500. The maximum Gasteiger partial charge on any atom is 0.139 e. The van der Waals surface area contributed by atoms with E-state index in [-0.39, 0.29) is 16.2 Å². The highest BCUT2D eigenvalue weighted by atomic mass is 32.1. The number of rotatable bonds is 48. The number of thiophene rings is 8. The molecule has 13 rings (SSSR count). The van der Waals surface area contributed by atoms with Crippen LogP contribution in [0.25, 0.3) is 112 Å². The van der Waals surface area contributed by atoms with Gasteiger partial charge in [-0.25, -0.2) is 0 Å². The predicted molar refractivity (Wildman–Crippen MR) is 512 cm³/mol. The summed E-state index contributed by atoms with van der Waals surface area (Å²) >= 11 is 16.2. The molecule has 1 atom stereocenters. The monoisotopic (exact) mass is 1710 g/mol. The van der Waals surface area contributed by atoms with Crippen molar-refractivity contribution in [3.8, 4) is 124 Å². The van der Waals surface area contributed by atoms with Gasteiger partial charge in [-0.15, -0.1) is 90.7 Å². The molecule has 15 heteroatoms. The van der Waals surface area contributed by atoms with Gasteiger partial charge in [-0.1, -0.05) is 286 Å². The zero-order chi connectivity index (χ0) is 80.3. The van der Waals surface area contributed by atoms with Crippen LogP contribution in [0.5, 0.6) is 23.0 Å². The maximum absolute atomic E-state index is 6.98. The Morgan fingerprint density at radius 1 is 0.278 bits per heavy atom. The molecule has 0 saturated heterocycles. The van der Waals surface area contributed by atoms with Crippen molar-refractivity contribution in [2.24, 2.45) is 0 Å². The van der Waals surface area contributed by atoms with Gasteiger partial charge in [0.1, 0.15) is 34.0 Å². The Bertz CT molecular complexity index is 5020. The van der Waals surface area contributed by atoms with E-state index in [0.29, 0.717) is 13.2 Å². The minimum Gasteiger partial charge on any atom is -0.492 e. The molecule has 0 radical (unpaired) electrons. The molecule has 1 aliphatic carbocycles. The number of ether oxygens (including phenoxy) is 4. The third kappa shape index (κ3) is 21.5. The lowest BCUT2D eigenvalue weighted by Gasteiger charge is -2.34. The average Bonchev–Trinajstić information content (AvgIpc) is 1.56. The maximum atomic E-state index is 6.98. The number of benzene rings is 3. The predicted octanol–water partition coefficient (Wildman–Crippen LogP) is 35.8. The molecule has 9 heterocycles. The van der Waals surface area contributed by atoms with Crippen LogP contribution in [0.15, 0.2) is 121 Å². The molecule has 6 nitrogen and oxygen atoms in total. The molecule has 12 aromatic rings. The fourth-order valence-electron chi connectivity index (χ4n) is 16.2. The van der Waals surface area contributed by atoms with Crippen LogP contribution < -0.4 is 18.9 Å². The molecule has 115 heavy (non-hydrogen) atoms. The summed E-state index contributed by atoms with van der Waals surface area (Å²) in [5, 5.41) is 0. The molecule has 1 aliphatic rings. The second kappa shape index (κ2) is 42.0. The number of fused-ring (bicyclic) bond motifs is 4. The largest absolute Gasteiger partial charge is 0.492 e. The first kappa shape index (κ1) is 87.1. The van der Waals surface area contributed by atoms with E-state index >= 15 is 0 Å². The number of hydrogen-bond donors (Lipinski definition) is 0. The minimum atomic E-state index is -0.0176. The molecule has 1 unspecified atom stereocenters. The van der Waals surface area contributed by atoms with Crippen LogP contribution in [0.4, 0.5) is 0 Å². The Hall–Kier alpha value is -5.72. The topological polar surface area (TPSA) is 62.7 Å². The molecule has 0 N–H and O–H groups in total. The van der Waals surface area contributed by atoms with Crippen LogP contribution in [0.3, 0.4) is 0 Å². The molecule has 0 aliphatic heterocycles. The van der Waals surface area contributed by atoms with Gasteiger partial charge in [0.05, 0.1) is 57.7 Å². The Balaban J connectivity index is 0.791. The smallest absolute Gasteiger partial charge is 0.139 e. The van der Waals surface area contributed by atoms with Gasteiger partial charge in [-0.05, 0) is 162 Å². The number of nitrogens with zero attached hydrogens (tertiary/aromatic N) is 2. The lowest BCUT2D eigenvalue weighted by molar-refractivity contribution is 0.307. The molecular weight excluding hydrogens is 1580 g/mol. The normalized spacial score (nSPS) is 13.6. The van der Waals surface area contributed by atoms with Crippen molar-refractivity contribution in [1.29, 1.82) is 0 Å². The fourth-order valence-corrected chi connectivity index (χ4v) is 26.0. The van der Waals surface area contributed by atoms with E-state index in [1.807, 2.05) is 90.7 Å². The van der Waals surface area contributed by atoms with Gasteiger partial charge in [0, 0.05) is 75.1 Å². The quantitative estimate of drug-likeness (QED) is 0.0354. The summed E-state index contributed by atoms with van der Waals surface area (Å²) in [7, 11) is 0. The van der Waals surface area contributed by atoms with Gasteiger partial charge in [0.15, 0.2) is 0 Å². The summed E-state index contributed by atoms with van der Waals surface area (Å²) in [5.41, 5.74) is 12.9. The standard InChI is InChI=1S/C100H126N2O4S9/c1-13-19-25-31-33-35-37-57-100(56-36-34-32-26-20-14-2)74-62-68(42-44-70(74)71-45-43-69(63-75(71)100)98(7,8)9)88-64-76(103-58-38-27-21-15-3)94(111-88)84-52-48-80(107-84)81-49-53-85(108-81)95-77(104-59-39-28-22-16-4)65-89(112-95)72-46-47-73(93-92(72)101-115-102-93)90-66-78(105-60-40-29-23-17-5)96(113-90)86-54-50-82(109-86)83-51-55-87(110-83)97-79(106-61-41-30-24-18-6)67-91(114-97)99(10,11)12/h42-55,62-67H,13-41,56-61H2,1-12H3. The molecule has 0 bridgehead atoms. The molecule has 0 saturated carbocycles. The Labute approximate surface area is 726 Å². The first-order valence-corrected chi connectivity index (χ1v) is 51.4. The van der Waals surface area contributed by atoms with Crippen molar-refractivity contribution in [3.05, 3.63) is 143 Å². The highest BCUT2D eigenvalue weighted by Crippen LogP contribution is 2.59. The molecule has 9 aromatic heterocycles. The lowest BCUT2D eigenvalue weighted by Crippen LogP contribution is -2.26. The second-order valence-electron chi connectivity index (χ2n) is 34.1. The Morgan fingerprint density at radius 3 is 0.991 bits per heavy atom. The van der Waals surface area contributed by atoms with E-state index in [0.717, 1.165) is 116 Å². The second-order valence-corrected chi connectivity index (χ2v) is 43.2. The molecule has 0 amide bonds. The summed E-state index contributed by atoms with van der Waals surface area (Å²) in [6, 6.07) is 47.6. The summed E-state index contributed by atoms with van der Waals surface area (Å²) in [6.07, 6.45) is 38.1. The van der Waals surface area contributed by atoms with Gasteiger partial charge >= 0.3 is 0 Å². The molecule has 3 aromatic carbocycles. The SMILES string of the molecule is CCCCCCCCCC1(CCCCCCCC)c2cc(-c3cc(OCCCCCC)c(-c4ccc(-c5ccc(-c6sc(-c7ccc(-c8cc(OCCCCCC)c(-c9ccc(-c%10ccc(-c%11sc(C(C)(C)C)cc%11OCCCCCC)s%10)s9)s8)c8nsnc78)cc6OCCCCCC)s5)s4)s3)ccc2-c2ccc(C(C)(C)C)cc21. The van der Waals surface area contributed by atoms with Gasteiger partial charge < -0.3 is 18.9 Å². The van der Waals surface area contributed by atoms with Crippen LogP contribution in [-0.4, -0.2) is 35.2 Å². The number of aromatic nitrogens is 2. The minimum absolute atomic E-state index is 0.0176. The van der Waals surface area contributed by atoms with Crippen LogP contribution in [0, 0.1) is 0 Å². The van der Waals surface area contributed by atoms with Crippen molar-refractivity contribution in [2.75, 3.05) is 26.4 Å². The van der Waals surface area contributed by atoms with E-state index in [4.69, 9.17) is 27.7 Å².